The fourth-order valence-electron chi connectivity index (χ4n) is 1.95. The molecule has 7 nitrogen and oxygen atoms in total. The van der Waals surface area contributed by atoms with Gasteiger partial charge in [0.25, 0.3) is 0 Å². The van der Waals surface area contributed by atoms with E-state index >= 15 is 0 Å². The molecule has 0 aliphatic rings. The zero-order valence-corrected chi connectivity index (χ0v) is 14.5. The Morgan fingerprint density at radius 2 is 2.25 bits per heavy atom. The van der Waals surface area contributed by atoms with E-state index in [1.807, 2.05) is 25.1 Å². The summed E-state index contributed by atoms with van der Waals surface area (Å²) >= 11 is 0. The monoisotopic (exact) mass is 331 g/mol. The van der Waals surface area contributed by atoms with Crippen molar-refractivity contribution in [3.05, 3.63) is 42.0 Å². The summed E-state index contributed by atoms with van der Waals surface area (Å²) in [4.78, 5) is 8.50. The highest BCUT2D eigenvalue weighted by Crippen LogP contribution is 2.14. The molecule has 0 aromatic carbocycles. The third-order valence-electron chi connectivity index (χ3n) is 3.20. The minimum atomic E-state index is 0.350. The van der Waals surface area contributed by atoms with Crippen LogP contribution >= 0.6 is 0 Å². The maximum absolute atomic E-state index is 5.59. The zero-order chi connectivity index (χ0) is 17.2. The lowest BCUT2D eigenvalue weighted by atomic mass is 10.1. The molecule has 2 N–H and O–H groups in total. The predicted octanol–water partition coefficient (Wildman–Crippen LogP) is 2.33. The first kappa shape index (κ1) is 17.8. The van der Waals surface area contributed by atoms with Crippen molar-refractivity contribution >= 4 is 5.96 Å². The van der Waals surface area contributed by atoms with Gasteiger partial charge in [0, 0.05) is 18.8 Å². The Kier molecular flexibility index (Phi) is 7.07. The summed E-state index contributed by atoms with van der Waals surface area (Å²) in [5.74, 6) is 2.57. The molecule has 7 heteroatoms. The molecule has 0 aliphatic heterocycles. The van der Waals surface area contributed by atoms with Crippen molar-refractivity contribution in [2.24, 2.45) is 4.99 Å². The second-order valence-corrected chi connectivity index (χ2v) is 5.53. The fourth-order valence-corrected chi connectivity index (χ4v) is 1.95. The number of nitrogens with zero attached hydrogens (tertiary/aromatic N) is 3. The van der Waals surface area contributed by atoms with Crippen molar-refractivity contribution < 1.29 is 9.26 Å². The smallest absolute Gasteiger partial charge is 0.191 e. The van der Waals surface area contributed by atoms with Crippen molar-refractivity contribution in [3.63, 3.8) is 0 Å². The molecule has 130 valence electrons. The first-order valence-electron chi connectivity index (χ1n) is 8.19. The van der Waals surface area contributed by atoms with Gasteiger partial charge in [0.1, 0.15) is 18.9 Å². The van der Waals surface area contributed by atoms with Crippen LogP contribution in [0.25, 0.3) is 0 Å². The van der Waals surface area contributed by atoms with Crippen LogP contribution in [0.5, 0.6) is 5.75 Å². The molecule has 0 amide bonds. The van der Waals surface area contributed by atoms with Gasteiger partial charge in [-0.25, -0.2) is 4.99 Å². The van der Waals surface area contributed by atoms with Gasteiger partial charge in [0.15, 0.2) is 11.7 Å². The molecule has 0 saturated carbocycles. The average molecular weight is 331 g/mol. The van der Waals surface area contributed by atoms with Gasteiger partial charge in [0.05, 0.1) is 18.4 Å². The van der Waals surface area contributed by atoms with Crippen LogP contribution in [-0.2, 0) is 6.54 Å². The van der Waals surface area contributed by atoms with Gasteiger partial charge in [-0.2, -0.15) is 0 Å². The molecule has 2 rings (SSSR count). The Labute approximate surface area is 142 Å². The van der Waals surface area contributed by atoms with E-state index in [9.17, 15) is 0 Å². The number of aliphatic imine (C=N–C) groups is 1. The van der Waals surface area contributed by atoms with E-state index in [1.165, 1.54) is 0 Å². The SMILES string of the molecule is CCNC(=NCc1cc(C(C)C)no1)NCCOc1cccnc1. The van der Waals surface area contributed by atoms with Crippen LogP contribution in [0, 0.1) is 0 Å². The van der Waals surface area contributed by atoms with Crippen molar-refractivity contribution in [1.29, 1.82) is 0 Å². The van der Waals surface area contributed by atoms with Crippen LogP contribution in [0.4, 0.5) is 0 Å². The molecule has 0 bridgehead atoms. The quantitative estimate of drug-likeness (QED) is 0.439. The number of pyridine rings is 1. The predicted molar refractivity (Wildman–Crippen MR) is 93.1 cm³/mol. The van der Waals surface area contributed by atoms with E-state index in [0.717, 1.165) is 29.7 Å². The summed E-state index contributed by atoms with van der Waals surface area (Å²) in [6, 6.07) is 5.67. The second-order valence-electron chi connectivity index (χ2n) is 5.53. The highest BCUT2D eigenvalue weighted by atomic mass is 16.5. The summed E-state index contributed by atoms with van der Waals surface area (Å²) in [5, 5.41) is 10.4. The first-order chi connectivity index (χ1) is 11.7. The van der Waals surface area contributed by atoms with Gasteiger partial charge in [-0.3, -0.25) is 4.98 Å². The summed E-state index contributed by atoms with van der Waals surface area (Å²) in [6.07, 6.45) is 3.41. The topological polar surface area (TPSA) is 84.6 Å². The van der Waals surface area contributed by atoms with E-state index < -0.39 is 0 Å². The summed E-state index contributed by atoms with van der Waals surface area (Å²) in [5.41, 5.74) is 0.947. The second kappa shape index (κ2) is 9.54. The third kappa shape index (κ3) is 5.91. The number of guanidine groups is 1. The molecule has 2 heterocycles. The summed E-state index contributed by atoms with van der Waals surface area (Å²) in [7, 11) is 0. The van der Waals surface area contributed by atoms with Gasteiger partial charge in [0.2, 0.25) is 0 Å². The molecule has 0 spiro atoms. The maximum Gasteiger partial charge on any atom is 0.191 e. The van der Waals surface area contributed by atoms with Crippen molar-refractivity contribution in [1.82, 2.24) is 20.8 Å². The molecule has 0 saturated heterocycles. The Balaban J connectivity index is 1.79. The van der Waals surface area contributed by atoms with E-state index in [-0.39, 0.29) is 0 Å². The van der Waals surface area contributed by atoms with Crippen LogP contribution in [-0.4, -0.2) is 35.8 Å². The molecule has 0 fully saturated rings. The van der Waals surface area contributed by atoms with Gasteiger partial charge in [-0.05, 0) is 25.0 Å². The lowest BCUT2D eigenvalue weighted by Crippen LogP contribution is -2.39. The van der Waals surface area contributed by atoms with Crippen LogP contribution in [0.2, 0.25) is 0 Å². The molecular weight excluding hydrogens is 306 g/mol. The Morgan fingerprint density at radius 3 is 2.92 bits per heavy atom. The van der Waals surface area contributed by atoms with Gasteiger partial charge in [-0.1, -0.05) is 19.0 Å². The van der Waals surface area contributed by atoms with Crippen molar-refractivity contribution in [2.75, 3.05) is 19.7 Å². The molecular formula is C17H25N5O2. The minimum Gasteiger partial charge on any atom is -0.490 e. The van der Waals surface area contributed by atoms with Crippen molar-refractivity contribution in [2.45, 2.75) is 33.2 Å². The average Bonchev–Trinajstić information content (AvgIpc) is 3.06. The van der Waals surface area contributed by atoms with Gasteiger partial charge in [-0.15, -0.1) is 0 Å². The van der Waals surface area contributed by atoms with Crippen LogP contribution in [0.15, 0.2) is 40.1 Å². The lowest BCUT2D eigenvalue weighted by Gasteiger charge is -2.11. The third-order valence-corrected chi connectivity index (χ3v) is 3.20. The number of aromatic nitrogens is 2. The standard InChI is InChI=1S/C17H25N5O2/c1-4-19-17(20-8-9-23-14-6-5-7-18-11-14)21-12-15-10-16(13(2)3)22-24-15/h5-7,10-11,13H,4,8-9,12H2,1-3H3,(H2,19,20,21). The van der Waals surface area contributed by atoms with E-state index in [4.69, 9.17) is 9.26 Å². The fraction of sp³-hybridized carbons (Fsp3) is 0.471. The number of hydrogen-bond donors (Lipinski definition) is 2. The maximum atomic E-state index is 5.59. The van der Waals surface area contributed by atoms with Crippen molar-refractivity contribution in [3.8, 4) is 5.75 Å². The summed E-state index contributed by atoms with van der Waals surface area (Å²) in [6.45, 7) is 8.57. The normalized spacial score (nSPS) is 11.6. The molecule has 0 unspecified atom stereocenters. The number of hydrogen-bond acceptors (Lipinski definition) is 5. The van der Waals surface area contributed by atoms with E-state index in [2.05, 4.69) is 39.6 Å². The highest BCUT2D eigenvalue weighted by molar-refractivity contribution is 5.79. The molecule has 0 atom stereocenters. The highest BCUT2D eigenvalue weighted by Gasteiger charge is 2.07. The Bertz CT molecular complexity index is 625. The minimum absolute atomic E-state index is 0.350. The Morgan fingerprint density at radius 1 is 1.38 bits per heavy atom. The van der Waals surface area contributed by atoms with E-state index in [0.29, 0.717) is 25.6 Å². The molecule has 2 aromatic heterocycles. The van der Waals surface area contributed by atoms with Crippen LogP contribution < -0.4 is 15.4 Å². The number of rotatable bonds is 8. The first-order valence-corrected chi connectivity index (χ1v) is 8.19. The van der Waals surface area contributed by atoms with Gasteiger partial charge >= 0.3 is 0 Å². The molecule has 2 aromatic rings. The Hall–Kier alpha value is -2.57. The lowest BCUT2D eigenvalue weighted by molar-refractivity contribution is 0.320. The zero-order valence-electron chi connectivity index (χ0n) is 14.5. The number of ether oxygens (including phenoxy) is 1. The largest absolute Gasteiger partial charge is 0.490 e. The van der Waals surface area contributed by atoms with E-state index in [1.54, 1.807) is 12.4 Å². The molecule has 24 heavy (non-hydrogen) atoms. The van der Waals surface area contributed by atoms with Crippen LogP contribution in [0.1, 0.15) is 38.1 Å². The summed E-state index contributed by atoms with van der Waals surface area (Å²) < 4.78 is 10.9. The molecule has 0 aliphatic carbocycles. The number of nitrogens with one attached hydrogen (secondary N) is 2. The molecule has 0 radical (unpaired) electrons. The van der Waals surface area contributed by atoms with Gasteiger partial charge < -0.3 is 19.9 Å². The van der Waals surface area contributed by atoms with Crippen LogP contribution in [0.3, 0.4) is 0 Å².